The van der Waals surface area contributed by atoms with Crippen LogP contribution in [0.25, 0.3) is 0 Å². The number of rotatable bonds is 4. The molecule has 1 atom stereocenters. The van der Waals surface area contributed by atoms with Crippen LogP contribution in [0.2, 0.25) is 0 Å². The van der Waals surface area contributed by atoms with Gasteiger partial charge in [0.1, 0.15) is 0 Å². The van der Waals surface area contributed by atoms with Crippen LogP contribution in [0.3, 0.4) is 0 Å². The van der Waals surface area contributed by atoms with Crippen molar-refractivity contribution in [1.29, 1.82) is 0 Å². The molecule has 20 heavy (non-hydrogen) atoms. The largest absolute Gasteiger partial charge is 0.384 e. The van der Waals surface area contributed by atoms with E-state index in [1.54, 1.807) is 12.1 Å². The van der Waals surface area contributed by atoms with Crippen LogP contribution in [-0.4, -0.2) is 33.7 Å². The zero-order valence-corrected chi connectivity index (χ0v) is 12.4. The highest BCUT2D eigenvalue weighted by Crippen LogP contribution is 2.27. The number of benzene rings is 1. The van der Waals surface area contributed by atoms with Gasteiger partial charge in [-0.25, -0.2) is 13.1 Å². The molecule has 1 saturated heterocycles. The zero-order valence-electron chi connectivity index (χ0n) is 11.6. The van der Waals surface area contributed by atoms with Crippen LogP contribution in [0.1, 0.15) is 25.3 Å². The molecule has 110 valence electrons. The van der Waals surface area contributed by atoms with E-state index in [1.165, 1.54) is 0 Å². The van der Waals surface area contributed by atoms with Crippen LogP contribution >= 0.6 is 0 Å². The number of sulfonamides is 1. The Morgan fingerprint density at radius 2 is 2.30 bits per heavy atom. The number of anilines is 1. The van der Waals surface area contributed by atoms with Crippen molar-refractivity contribution in [1.82, 2.24) is 4.72 Å². The van der Waals surface area contributed by atoms with Crippen molar-refractivity contribution in [3.8, 4) is 0 Å². The maximum absolute atomic E-state index is 12.3. The molecule has 2 aliphatic rings. The maximum Gasteiger partial charge on any atom is 0.240 e. The molecule has 1 aromatic rings. The second-order valence-corrected chi connectivity index (χ2v) is 7.49. The van der Waals surface area contributed by atoms with E-state index >= 15 is 0 Å². The lowest BCUT2D eigenvalue weighted by Gasteiger charge is -2.23. The standard InChI is InChI=1S/C14H20N2O3S/c1-14(6-2-8-19-14)10-16-20(17,18)12-3-4-13-11(9-12)5-7-15-13/h3-4,9,15-16H,2,5-8,10H2,1H3. The smallest absolute Gasteiger partial charge is 0.240 e. The summed E-state index contributed by atoms with van der Waals surface area (Å²) in [4.78, 5) is 0.335. The lowest BCUT2D eigenvalue weighted by molar-refractivity contribution is 0.0250. The summed E-state index contributed by atoms with van der Waals surface area (Å²) in [5.74, 6) is 0. The van der Waals surface area contributed by atoms with E-state index in [1.807, 2.05) is 13.0 Å². The Morgan fingerprint density at radius 1 is 1.45 bits per heavy atom. The Balaban J connectivity index is 1.74. The van der Waals surface area contributed by atoms with E-state index in [9.17, 15) is 8.42 Å². The van der Waals surface area contributed by atoms with E-state index in [0.717, 1.165) is 37.1 Å². The van der Waals surface area contributed by atoms with Crippen LogP contribution in [-0.2, 0) is 21.2 Å². The summed E-state index contributed by atoms with van der Waals surface area (Å²) >= 11 is 0. The van der Waals surface area contributed by atoms with Crippen LogP contribution in [0.4, 0.5) is 5.69 Å². The molecule has 2 N–H and O–H groups in total. The van der Waals surface area contributed by atoms with E-state index in [2.05, 4.69) is 10.0 Å². The van der Waals surface area contributed by atoms with Crippen molar-refractivity contribution in [2.75, 3.05) is 25.0 Å². The molecule has 6 heteroatoms. The first-order chi connectivity index (χ1) is 9.49. The highest BCUT2D eigenvalue weighted by Gasteiger charge is 2.31. The van der Waals surface area contributed by atoms with Gasteiger partial charge in [0.2, 0.25) is 10.0 Å². The fraction of sp³-hybridized carbons (Fsp3) is 0.571. The third kappa shape index (κ3) is 2.68. The van der Waals surface area contributed by atoms with Crippen LogP contribution in [0.15, 0.2) is 23.1 Å². The third-order valence-electron chi connectivity index (χ3n) is 4.03. The van der Waals surface area contributed by atoms with E-state index in [0.29, 0.717) is 18.0 Å². The van der Waals surface area contributed by atoms with Gasteiger partial charge in [0.25, 0.3) is 0 Å². The minimum atomic E-state index is -3.47. The van der Waals surface area contributed by atoms with Crippen LogP contribution in [0.5, 0.6) is 0 Å². The highest BCUT2D eigenvalue weighted by molar-refractivity contribution is 7.89. The average Bonchev–Trinajstić information content (AvgIpc) is 3.05. The van der Waals surface area contributed by atoms with Crippen molar-refractivity contribution in [3.63, 3.8) is 0 Å². The molecule has 0 bridgehead atoms. The number of hydrogen-bond donors (Lipinski definition) is 2. The summed E-state index contributed by atoms with van der Waals surface area (Å²) in [5, 5.41) is 3.23. The number of nitrogens with one attached hydrogen (secondary N) is 2. The van der Waals surface area contributed by atoms with E-state index in [4.69, 9.17) is 4.74 Å². The molecule has 1 fully saturated rings. The van der Waals surface area contributed by atoms with Gasteiger partial charge in [0, 0.05) is 25.4 Å². The van der Waals surface area contributed by atoms with Gasteiger partial charge in [-0.1, -0.05) is 0 Å². The Morgan fingerprint density at radius 3 is 3.05 bits per heavy atom. The average molecular weight is 296 g/mol. The molecular weight excluding hydrogens is 276 g/mol. The van der Waals surface area contributed by atoms with Gasteiger partial charge in [-0.05, 0) is 49.9 Å². The molecule has 2 heterocycles. The van der Waals surface area contributed by atoms with Gasteiger partial charge in [-0.15, -0.1) is 0 Å². The third-order valence-corrected chi connectivity index (χ3v) is 5.43. The molecule has 5 nitrogen and oxygen atoms in total. The van der Waals surface area contributed by atoms with Crippen molar-refractivity contribution < 1.29 is 13.2 Å². The number of fused-ring (bicyclic) bond motifs is 1. The second-order valence-electron chi connectivity index (χ2n) is 5.72. The van der Waals surface area contributed by atoms with Crippen molar-refractivity contribution in [2.24, 2.45) is 0 Å². The summed E-state index contributed by atoms with van der Waals surface area (Å²) in [6.45, 7) is 3.86. The van der Waals surface area contributed by atoms with Gasteiger partial charge in [-0.2, -0.15) is 0 Å². The second kappa shape index (κ2) is 5.02. The number of hydrogen-bond acceptors (Lipinski definition) is 4. The molecule has 0 aliphatic carbocycles. The van der Waals surface area contributed by atoms with Gasteiger partial charge in [0.05, 0.1) is 10.5 Å². The molecule has 3 rings (SSSR count). The first-order valence-electron chi connectivity index (χ1n) is 6.99. The minimum absolute atomic E-state index is 0.324. The molecule has 1 aromatic carbocycles. The topological polar surface area (TPSA) is 67.4 Å². The Bertz CT molecular complexity index is 607. The number of ether oxygens (including phenoxy) is 1. The molecule has 2 aliphatic heterocycles. The molecule has 0 spiro atoms. The molecule has 0 radical (unpaired) electrons. The summed E-state index contributed by atoms with van der Waals surface area (Å²) in [7, 11) is -3.47. The van der Waals surface area contributed by atoms with Gasteiger partial charge in [0.15, 0.2) is 0 Å². The van der Waals surface area contributed by atoms with Gasteiger partial charge < -0.3 is 10.1 Å². The fourth-order valence-electron chi connectivity index (χ4n) is 2.76. The fourth-order valence-corrected chi connectivity index (χ4v) is 3.96. The Hall–Kier alpha value is -1.11. The Labute approximate surface area is 119 Å². The molecule has 0 aromatic heterocycles. The summed E-state index contributed by atoms with van der Waals surface area (Å²) in [5.41, 5.74) is 1.73. The van der Waals surface area contributed by atoms with Crippen LogP contribution < -0.4 is 10.0 Å². The monoisotopic (exact) mass is 296 g/mol. The summed E-state index contributed by atoms with van der Waals surface area (Å²) in [6.07, 6.45) is 2.76. The summed E-state index contributed by atoms with van der Waals surface area (Å²) in [6, 6.07) is 5.25. The Kier molecular flexibility index (Phi) is 3.48. The lowest BCUT2D eigenvalue weighted by Crippen LogP contribution is -2.40. The molecule has 0 amide bonds. The maximum atomic E-state index is 12.3. The van der Waals surface area contributed by atoms with E-state index < -0.39 is 10.0 Å². The minimum Gasteiger partial charge on any atom is -0.384 e. The quantitative estimate of drug-likeness (QED) is 0.883. The van der Waals surface area contributed by atoms with Crippen molar-refractivity contribution in [2.45, 2.75) is 36.7 Å². The van der Waals surface area contributed by atoms with E-state index in [-0.39, 0.29) is 5.60 Å². The predicted molar refractivity (Wildman–Crippen MR) is 77.4 cm³/mol. The van der Waals surface area contributed by atoms with Crippen LogP contribution in [0, 0.1) is 0 Å². The first-order valence-corrected chi connectivity index (χ1v) is 8.47. The molecule has 0 saturated carbocycles. The highest BCUT2D eigenvalue weighted by atomic mass is 32.2. The van der Waals surface area contributed by atoms with Gasteiger partial charge >= 0.3 is 0 Å². The lowest BCUT2D eigenvalue weighted by atomic mass is 10.0. The van der Waals surface area contributed by atoms with Gasteiger partial charge in [-0.3, -0.25) is 0 Å². The summed E-state index contributed by atoms with van der Waals surface area (Å²) < 4.78 is 33.0. The molecule has 1 unspecified atom stereocenters. The zero-order chi connectivity index (χ0) is 14.2. The van der Waals surface area contributed by atoms with Crippen molar-refractivity contribution in [3.05, 3.63) is 23.8 Å². The molecular formula is C14H20N2O3S. The van der Waals surface area contributed by atoms with Crippen molar-refractivity contribution >= 4 is 15.7 Å². The predicted octanol–water partition coefficient (Wildman–Crippen LogP) is 1.50. The SMILES string of the molecule is CC1(CNS(=O)(=O)c2ccc3c(c2)CCN3)CCCO1. The first kappa shape index (κ1) is 13.9. The normalized spacial score (nSPS) is 25.4.